The lowest BCUT2D eigenvalue weighted by Gasteiger charge is -2.37. The van der Waals surface area contributed by atoms with Gasteiger partial charge in [-0.05, 0) is 36.0 Å². The van der Waals surface area contributed by atoms with Crippen LogP contribution in [0.4, 0.5) is 0 Å². The van der Waals surface area contributed by atoms with E-state index in [4.69, 9.17) is 0 Å². The molecule has 1 amide bonds. The molecule has 2 rings (SSSR count). The zero-order chi connectivity index (χ0) is 13.8. The van der Waals surface area contributed by atoms with E-state index in [1.807, 2.05) is 11.4 Å². The molecule has 1 fully saturated rings. The third kappa shape index (κ3) is 4.56. The van der Waals surface area contributed by atoms with Crippen molar-refractivity contribution in [3.05, 3.63) is 20.8 Å². The first-order chi connectivity index (χ1) is 9.04. The number of thiophene rings is 1. The number of hydrogen-bond donors (Lipinski definition) is 1. The van der Waals surface area contributed by atoms with Gasteiger partial charge in [-0.15, -0.1) is 11.3 Å². The molecule has 106 valence electrons. The van der Waals surface area contributed by atoms with Gasteiger partial charge in [-0.25, -0.2) is 0 Å². The molecule has 0 saturated carbocycles. The van der Waals surface area contributed by atoms with Crippen molar-refractivity contribution in [3.63, 3.8) is 0 Å². The van der Waals surface area contributed by atoms with Crippen molar-refractivity contribution in [1.82, 2.24) is 15.1 Å². The molecule has 0 aromatic carbocycles. The predicted octanol–water partition coefficient (Wildman–Crippen LogP) is 1.76. The molecule has 6 heteroatoms. The van der Waals surface area contributed by atoms with Crippen molar-refractivity contribution in [2.45, 2.75) is 19.5 Å². The molecule has 1 aromatic heterocycles. The van der Waals surface area contributed by atoms with Gasteiger partial charge in [0.15, 0.2) is 0 Å². The minimum Gasteiger partial charge on any atom is -0.350 e. The lowest BCUT2D eigenvalue weighted by molar-refractivity contribution is -0.123. The van der Waals surface area contributed by atoms with E-state index in [1.54, 1.807) is 11.3 Å². The number of rotatable bonds is 4. The van der Waals surface area contributed by atoms with Crippen molar-refractivity contribution in [2.75, 3.05) is 33.2 Å². The lowest BCUT2D eigenvalue weighted by atomic mass is 10.2. The number of carbonyl (C=O) groups excluding carboxylic acids is 1. The van der Waals surface area contributed by atoms with Gasteiger partial charge in [0.1, 0.15) is 0 Å². The van der Waals surface area contributed by atoms with Crippen molar-refractivity contribution in [2.24, 2.45) is 0 Å². The van der Waals surface area contributed by atoms with Crippen LogP contribution in [0.3, 0.4) is 0 Å². The Bertz CT molecular complexity index is 437. The quantitative estimate of drug-likeness (QED) is 0.903. The van der Waals surface area contributed by atoms with Crippen LogP contribution in [-0.2, 0) is 11.3 Å². The van der Waals surface area contributed by atoms with Gasteiger partial charge in [-0.3, -0.25) is 9.69 Å². The third-order valence-corrected chi connectivity index (χ3v) is 5.09. The molecule has 0 aliphatic carbocycles. The second kappa shape index (κ2) is 6.83. The Labute approximate surface area is 126 Å². The Morgan fingerprint density at radius 1 is 1.58 bits per heavy atom. The van der Waals surface area contributed by atoms with Gasteiger partial charge in [0.05, 0.1) is 13.1 Å². The largest absolute Gasteiger partial charge is 0.350 e. The topological polar surface area (TPSA) is 35.6 Å². The van der Waals surface area contributed by atoms with Crippen LogP contribution in [0.15, 0.2) is 15.9 Å². The minimum atomic E-state index is 0.112. The molecule has 2 heterocycles. The maximum atomic E-state index is 11.9. The van der Waals surface area contributed by atoms with Crippen LogP contribution in [0.5, 0.6) is 0 Å². The molecule has 19 heavy (non-hydrogen) atoms. The van der Waals surface area contributed by atoms with Crippen LogP contribution in [-0.4, -0.2) is 55.0 Å². The van der Waals surface area contributed by atoms with Crippen LogP contribution < -0.4 is 5.32 Å². The summed E-state index contributed by atoms with van der Waals surface area (Å²) in [5, 5.41) is 5.02. The number of halogens is 1. The zero-order valence-electron chi connectivity index (χ0n) is 11.4. The Morgan fingerprint density at radius 3 is 3.00 bits per heavy atom. The summed E-state index contributed by atoms with van der Waals surface area (Å²) in [6.45, 7) is 6.34. The van der Waals surface area contributed by atoms with Gasteiger partial charge >= 0.3 is 0 Å². The maximum Gasteiger partial charge on any atom is 0.234 e. The van der Waals surface area contributed by atoms with Crippen LogP contribution >= 0.6 is 27.3 Å². The molecule has 1 aromatic rings. The van der Waals surface area contributed by atoms with Gasteiger partial charge in [0.25, 0.3) is 0 Å². The van der Waals surface area contributed by atoms with Crippen LogP contribution in [0, 0.1) is 0 Å². The lowest BCUT2D eigenvalue weighted by Crippen LogP contribution is -2.53. The number of likely N-dealkylation sites (N-methyl/N-ethyl adjacent to an activating group) is 1. The van der Waals surface area contributed by atoms with Gasteiger partial charge < -0.3 is 10.2 Å². The molecule has 1 atom stereocenters. The summed E-state index contributed by atoms with van der Waals surface area (Å²) in [7, 11) is 2.13. The van der Waals surface area contributed by atoms with E-state index in [0.29, 0.717) is 19.1 Å². The summed E-state index contributed by atoms with van der Waals surface area (Å²) in [4.78, 5) is 17.7. The monoisotopic (exact) mass is 345 g/mol. The summed E-state index contributed by atoms with van der Waals surface area (Å²) in [6, 6.07) is 2.49. The minimum absolute atomic E-state index is 0.112. The van der Waals surface area contributed by atoms with Crippen LogP contribution in [0.25, 0.3) is 0 Å². The Balaban J connectivity index is 1.75. The van der Waals surface area contributed by atoms with Crippen LogP contribution in [0.1, 0.15) is 11.8 Å². The molecule has 0 radical (unpaired) electrons. The number of amides is 1. The third-order valence-electron chi connectivity index (χ3n) is 3.40. The van der Waals surface area contributed by atoms with E-state index in [9.17, 15) is 4.79 Å². The molecular weight excluding hydrogens is 326 g/mol. The maximum absolute atomic E-state index is 11.9. The van der Waals surface area contributed by atoms with Crippen LogP contribution in [0.2, 0.25) is 0 Å². The first kappa shape index (κ1) is 15.0. The molecule has 0 unspecified atom stereocenters. The summed E-state index contributed by atoms with van der Waals surface area (Å²) < 4.78 is 1.08. The molecule has 1 aliphatic rings. The van der Waals surface area contributed by atoms with Gasteiger partial charge in [0, 0.05) is 40.4 Å². The molecule has 1 N–H and O–H groups in total. The van der Waals surface area contributed by atoms with E-state index >= 15 is 0 Å². The first-order valence-corrected chi connectivity index (χ1v) is 8.14. The highest BCUT2D eigenvalue weighted by Crippen LogP contribution is 2.19. The predicted molar refractivity (Wildman–Crippen MR) is 82.4 cm³/mol. The Hall–Kier alpha value is -0.430. The number of hydrogen-bond acceptors (Lipinski definition) is 4. The second-order valence-electron chi connectivity index (χ2n) is 5.09. The van der Waals surface area contributed by atoms with Gasteiger partial charge in [-0.2, -0.15) is 0 Å². The number of nitrogens with zero attached hydrogens (tertiary/aromatic N) is 2. The molecule has 1 aliphatic heterocycles. The molecule has 4 nitrogen and oxygen atoms in total. The zero-order valence-corrected chi connectivity index (χ0v) is 13.8. The fourth-order valence-electron chi connectivity index (χ4n) is 2.28. The van der Waals surface area contributed by atoms with E-state index in [2.05, 4.69) is 45.0 Å². The van der Waals surface area contributed by atoms with Crippen molar-refractivity contribution in [1.29, 1.82) is 0 Å². The second-order valence-corrected chi connectivity index (χ2v) is 7.00. The Kier molecular flexibility index (Phi) is 5.38. The van der Waals surface area contributed by atoms with Gasteiger partial charge in [0.2, 0.25) is 5.91 Å². The SMILES string of the molecule is C[C@H]1CN(C)CCN1CC(=O)NCc1cc(Br)cs1. The first-order valence-electron chi connectivity index (χ1n) is 6.47. The fraction of sp³-hybridized carbons (Fsp3) is 0.615. The summed E-state index contributed by atoms with van der Waals surface area (Å²) in [5.41, 5.74) is 0. The van der Waals surface area contributed by atoms with Crippen molar-refractivity contribution in [3.8, 4) is 0 Å². The highest BCUT2D eigenvalue weighted by atomic mass is 79.9. The average Bonchev–Trinajstić information content (AvgIpc) is 2.76. The molecule has 0 spiro atoms. The van der Waals surface area contributed by atoms with E-state index in [1.165, 1.54) is 4.88 Å². The normalized spacial score (nSPS) is 21.5. The summed E-state index contributed by atoms with van der Waals surface area (Å²) in [6.07, 6.45) is 0. The number of carbonyl (C=O) groups is 1. The highest BCUT2D eigenvalue weighted by molar-refractivity contribution is 9.10. The van der Waals surface area contributed by atoms with E-state index in [0.717, 1.165) is 24.1 Å². The molecule has 0 bridgehead atoms. The Morgan fingerprint density at radius 2 is 2.37 bits per heavy atom. The number of nitrogens with one attached hydrogen (secondary N) is 1. The molecule has 1 saturated heterocycles. The standard InChI is InChI=1S/C13H20BrN3OS/c1-10-7-16(2)3-4-17(10)8-13(18)15-6-12-5-11(14)9-19-12/h5,9-10H,3-4,6-8H2,1-2H3,(H,15,18)/t10-/m0/s1. The van der Waals surface area contributed by atoms with Crippen molar-refractivity contribution >= 4 is 33.2 Å². The summed E-state index contributed by atoms with van der Waals surface area (Å²) >= 11 is 5.07. The van der Waals surface area contributed by atoms with E-state index in [-0.39, 0.29) is 5.91 Å². The van der Waals surface area contributed by atoms with E-state index < -0.39 is 0 Å². The molecular formula is C13H20BrN3OS. The smallest absolute Gasteiger partial charge is 0.234 e. The average molecular weight is 346 g/mol. The number of piperazine rings is 1. The highest BCUT2D eigenvalue weighted by Gasteiger charge is 2.22. The fourth-order valence-corrected chi connectivity index (χ4v) is 3.68. The summed E-state index contributed by atoms with van der Waals surface area (Å²) in [5.74, 6) is 0.112. The van der Waals surface area contributed by atoms with Gasteiger partial charge in [-0.1, -0.05) is 0 Å². The van der Waals surface area contributed by atoms with Crippen molar-refractivity contribution < 1.29 is 4.79 Å².